The quantitative estimate of drug-likeness (QED) is 0.643. The summed E-state index contributed by atoms with van der Waals surface area (Å²) in [6.07, 6.45) is 6.94. The summed E-state index contributed by atoms with van der Waals surface area (Å²) in [5.41, 5.74) is 1.20. The standard InChI is InChI=1S/C18H27NO3S/c1-3-4-11-15(22-2)12-8-13-16-17(18(16)19-23(20)21)14-9-6-5-7-10-14/h5-7,9-10,15-18H,3-4,8,11-13H2,1-2H3. The van der Waals surface area contributed by atoms with E-state index in [1.54, 1.807) is 7.11 Å². The van der Waals surface area contributed by atoms with Crippen LogP contribution in [0, 0.1) is 5.92 Å². The second-order valence-corrected chi connectivity index (χ2v) is 6.99. The summed E-state index contributed by atoms with van der Waals surface area (Å²) in [5, 5.41) is 0. The Morgan fingerprint density at radius 1 is 1.17 bits per heavy atom. The van der Waals surface area contributed by atoms with Gasteiger partial charge in [0.15, 0.2) is 0 Å². The van der Waals surface area contributed by atoms with Gasteiger partial charge in [0.25, 0.3) is 0 Å². The van der Waals surface area contributed by atoms with E-state index in [1.165, 1.54) is 18.4 Å². The van der Waals surface area contributed by atoms with E-state index in [2.05, 4.69) is 23.4 Å². The Morgan fingerprint density at radius 3 is 2.48 bits per heavy atom. The average Bonchev–Trinajstić information content (AvgIpc) is 3.23. The van der Waals surface area contributed by atoms with Gasteiger partial charge >= 0.3 is 10.5 Å². The molecule has 5 heteroatoms. The molecule has 1 aliphatic carbocycles. The second kappa shape index (κ2) is 9.18. The van der Waals surface area contributed by atoms with Crippen LogP contribution in [-0.4, -0.2) is 27.7 Å². The van der Waals surface area contributed by atoms with Crippen molar-refractivity contribution < 1.29 is 13.2 Å². The Morgan fingerprint density at radius 2 is 1.87 bits per heavy atom. The molecular weight excluding hydrogens is 310 g/mol. The lowest BCUT2D eigenvalue weighted by Crippen LogP contribution is -2.10. The van der Waals surface area contributed by atoms with Crippen LogP contribution in [0.2, 0.25) is 0 Å². The zero-order chi connectivity index (χ0) is 16.7. The van der Waals surface area contributed by atoms with Crippen molar-refractivity contribution in [3.05, 3.63) is 35.9 Å². The van der Waals surface area contributed by atoms with Gasteiger partial charge in [0.1, 0.15) is 0 Å². The average molecular weight is 337 g/mol. The number of rotatable bonds is 10. The number of hydrogen-bond donors (Lipinski definition) is 0. The first-order chi connectivity index (χ1) is 11.2. The van der Waals surface area contributed by atoms with Crippen LogP contribution in [0.1, 0.15) is 56.9 Å². The van der Waals surface area contributed by atoms with Gasteiger partial charge in [0, 0.05) is 13.0 Å². The molecule has 1 aromatic carbocycles. The summed E-state index contributed by atoms with van der Waals surface area (Å²) in [7, 11) is -0.538. The van der Waals surface area contributed by atoms with Crippen LogP contribution in [0.3, 0.4) is 0 Å². The zero-order valence-corrected chi connectivity index (χ0v) is 14.8. The maximum atomic E-state index is 10.9. The van der Waals surface area contributed by atoms with Crippen LogP contribution in [0.5, 0.6) is 0 Å². The third-order valence-corrected chi connectivity index (χ3v) is 5.21. The molecule has 4 unspecified atom stereocenters. The SMILES string of the molecule is CCCCC(CCCC1C(N=S(=O)=O)C1c1ccccc1)OC. The Hall–Kier alpha value is -1.20. The van der Waals surface area contributed by atoms with Gasteiger partial charge in [-0.1, -0.05) is 56.5 Å². The van der Waals surface area contributed by atoms with E-state index in [0.717, 1.165) is 25.7 Å². The Bertz CT molecular complexity index is 592. The largest absolute Gasteiger partial charge is 0.381 e. The summed E-state index contributed by atoms with van der Waals surface area (Å²) >= 11 is 0. The molecule has 1 aliphatic rings. The molecule has 0 aliphatic heterocycles. The van der Waals surface area contributed by atoms with Crippen molar-refractivity contribution >= 4 is 10.5 Å². The summed E-state index contributed by atoms with van der Waals surface area (Å²) in [6, 6.07) is 10.0. The second-order valence-electron chi connectivity index (χ2n) is 6.34. The molecule has 4 nitrogen and oxygen atoms in total. The molecule has 0 aromatic heterocycles. The summed E-state index contributed by atoms with van der Waals surface area (Å²) < 4.78 is 31.3. The molecule has 0 N–H and O–H groups in total. The van der Waals surface area contributed by atoms with Gasteiger partial charge in [0.05, 0.1) is 12.1 Å². The highest BCUT2D eigenvalue weighted by Crippen LogP contribution is 2.52. The fourth-order valence-electron chi connectivity index (χ4n) is 3.46. The third-order valence-electron chi connectivity index (χ3n) is 4.80. The minimum Gasteiger partial charge on any atom is -0.381 e. The van der Waals surface area contributed by atoms with E-state index in [1.807, 2.05) is 18.2 Å². The van der Waals surface area contributed by atoms with Crippen molar-refractivity contribution in [1.29, 1.82) is 0 Å². The Balaban J connectivity index is 1.89. The number of methoxy groups -OCH3 is 1. The minimum absolute atomic E-state index is 0.0765. The molecule has 0 radical (unpaired) electrons. The highest BCUT2D eigenvalue weighted by Gasteiger charge is 2.51. The van der Waals surface area contributed by atoms with Crippen LogP contribution in [-0.2, 0) is 15.2 Å². The third kappa shape index (κ3) is 5.43. The molecule has 1 aromatic rings. The van der Waals surface area contributed by atoms with Gasteiger partial charge in [-0.2, -0.15) is 12.8 Å². The monoisotopic (exact) mass is 337 g/mol. The molecule has 1 fully saturated rings. The predicted octanol–water partition coefficient (Wildman–Crippen LogP) is 4.21. The maximum Gasteiger partial charge on any atom is 0.311 e. The predicted molar refractivity (Wildman–Crippen MR) is 92.0 cm³/mol. The highest BCUT2D eigenvalue weighted by molar-refractivity contribution is 7.61. The fraction of sp³-hybridized carbons (Fsp3) is 0.667. The van der Waals surface area contributed by atoms with Crippen LogP contribution in [0.4, 0.5) is 0 Å². The van der Waals surface area contributed by atoms with Crippen LogP contribution in [0.15, 0.2) is 34.7 Å². The first-order valence-corrected chi connectivity index (χ1v) is 9.58. The van der Waals surface area contributed by atoms with Gasteiger partial charge < -0.3 is 4.74 Å². The number of benzene rings is 1. The van der Waals surface area contributed by atoms with E-state index >= 15 is 0 Å². The molecule has 0 bridgehead atoms. The molecule has 2 rings (SSSR count). The molecule has 0 saturated heterocycles. The van der Waals surface area contributed by atoms with E-state index < -0.39 is 10.5 Å². The molecule has 1 saturated carbocycles. The zero-order valence-electron chi connectivity index (χ0n) is 14.0. The fourth-order valence-corrected chi connectivity index (χ4v) is 3.95. The van der Waals surface area contributed by atoms with Gasteiger partial charge in [0.2, 0.25) is 0 Å². The Kier molecular flexibility index (Phi) is 7.24. The van der Waals surface area contributed by atoms with Crippen molar-refractivity contribution in [2.45, 2.75) is 63.5 Å². The van der Waals surface area contributed by atoms with Crippen molar-refractivity contribution in [2.75, 3.05) is 7.11 Å². The van der Waals surface area contributed by atoms with Crippen molar-refractivity contribution in [1.82, 2.24) is 0 Å². The normalized spacial score (nSPS) is 24.2. The van der Waals surface area contributed by atoms with Crippen molar-refractivity contribution in [3.63, 3.8) is 0 Å². The Labute approximate surface area is 141 Å². The lowest BCUT2D eigenvalue weighted by molar-refractivity contribution is 0.0834. The lowest BCUT2D eigenvalue weighted by Gasteiger charge is -2.14. The number of ether oxygens (including phenoxy) is 1. The first kappa shape index (κ1) is 18.1. The van der Waals surface area contributed by atoms with Gasteiger partial charge in [-0.3, -0.25) is 0 Å². The van der Waals surface area contributed by atoms with E-state index in [4.69, 9.17) is 4.74 Å². The smallest absolute Gasteiger partial charge is 0.311 e. The lowest BCUT2D eigenvalue weighted by atomic mass is 10.0. The number of hydrogen-bond acceptors (Lipinski definition) is 4. The summed E-state index contributed by atoms with van der Waals surface area (Å²) in [5.74, 6) is 0.602. The number of nitrogens with zero attached hydrogens (tertiary/aromatic N) is 1. The molecule has 0 amide bonds. The van der Waals surface area contributed by atoms with Crippen molar-refractivity contribution in [2.24, 2.45) is 10.3 Å². The van der Waals surface area contributed by atoms with Crippen molar-refractivity contribution in [3.8, 4) is 0 Å². The van der Waals surface area contributed by atoms with Gasteiger partial charge in [-0.15, -0.1) is 0 Å². The van der Waals surface area contributed by atoms with E-state index in [0.29, 0.717) is 12.0 Å². The van der Waals surface area contributed by atoms with E-state index in [9.17, 15) is 8.42 Å². The highest BCUT2D eigenvalue weighted by atomic mass is 32.2. The molecule has 4 atom stereocenters. The molecular formula is C18H27NO3S. The van der Waals surface area contributed by atoms with Gasteiger partial charge in [-0.05, 0) is 30.7 Å². The van der Waals surface area contributed by atoms with Gasteiger partial charge in [-0.25, -0.2) is 0 Å². The van der Waals surface area contributed by atoms with Crippen LogP contribution < -0.4 is 0 Å². The topological polar surface area (TPSA) is 55.7 Å². The molecule has 0 spiro atoms. The molecule has 23 heavy (non-hydrogen) atoms. The van der Waals surface area contributed by atoms with Crippen LogP contribution >= 0.6 is 0 Å². The maximum absolute atomic E-state index is 10.9. The van der Waals surface area contributed by atoms with Crippen LogP contribution in [0.25, 0.3) is 0 Å². The summed E-state index contributed by atoms with van der Waals surface area (Å²) in [6.45, 7) is 2.19. The van der Waals surface area contributed by atoms with E-state index in [-0.39, 0.29) is 12.0 Å². The first-order valence-electron chi connectivity index (χ1n) is 8.55. The minimum atomic E-state index is -2.32. The summed E-state index contributed by atoms with van der Waals surface area (Å²) in [4.78, 5) is 0. The molecule has 0 heterocycles. The molecule has 128 valence electrons. The number of unbranched alkanes of at least 4 members (excludes halogenated alkanes) is 1.